The summed E-state index contributed by atoms with van der Waals surface area (Å²) in [5.41, 5.74) is 2.85. The van der Waals surface area contributed by atoms with E-state index in [-0.39, 0.29) is 10.8 Å². The summed E-state index contributed by atoms with van der Waals surface area (Å²) in [6.45, 7) is 5.92. The van der Waals surface area contributed by atoms with E-state index in [1.165, 1.54) is 6.07 Å². The summed E-state index contributed by atoms with van der Waals surface area (Å²) in [6, 6.07) is 11.8. The minimum atomic E-state index is -3.88. The molecule has 3 aromatic rings. The Labute approximate surface area is 174 Å². The van der Waals surface area contributed by atoms with Crippen molar-refractivity contribution >= 4 is 27.3 Å². The molecule has 0 aliphatic heterocycles. The number of esters is 1. The second-order valence-corrected chi connectivity index (χ2v) is 9.35. The molecule has 1 aromatic carbocycles. The molecule has 1 N–H and O–H groups in total. The zero-order valence-corrected chi connectivity index (χ0v) is 18.1. The van der Waals surface area contributed by atoms with Gasteiger partial charge in [-0.25, -0.2) is 13.2 Å². The zero-order valence-electron chi connectivity index (χ0n) is 16.5. The van der Waals surface area contributed by atoms with Crippen LogP contribution >= 0.6 is 11.3 Å². The number of hydrogen-bond acceptors (Lipinski definition) is 6. The van der Waals surface area contributed by atoms with Crippen LogP contribution in [0.3, 0.4) is 0 Å². The number of benzene rings is 1. The summed E-state index contributed by atoms with van der Waals surface area (Å²) in [7, 11) is -3.88. The average Bonchev–Trinajstić information content (AvgIpc) is 3.31. The summed E-state index contributed by atoms with van der Waals surface area (Å²) in [5, 5.41) is 6.21. The Hall–Kier alpha value is -2.49. The standard InChI is InChI=1S/C20H23N3O4S2/c1-4-27-20(24)19(22-29(25,26)17-11-8-12-28-17)18-14(2)21-23(15(18)3)13-16-9-6-5-7-10-16/h5-12,19,22H,4,13H2,1-3H3/t19-/m1/s1. The van der Waals surface area contributed by atoms with Crippen LogP contribution in [0.2, 0.25) is 0 Å². The Morgan fingerprint density at radius 2 is 1.93 bits per heavy atom. The first-order chi connectivity index (χ1) is 13.8. The molecule has 0 radical (unpaired) electrons. The van der Waals surface area contributed by atoms with Crippen LogP contribution in [0.1, 0.15) is 35.5 Å². The molecular weight excluding hydrogens is 410 g/mol. The molecule has 3 rings (SSSR count). The fraction of sp³-hybridized carbons (Fsp3) is 0.300. The number of aryl methyl sites for hydroxylation is 1. The van der Waals surface area contributed by atoms with Crippen molar-refractivity contribution < 1.29 is 17.9 Å². The normalized spacial score (nSPS) is 12.7. The second-order valence-electron chi connectivity index (χ2n) is 6.47. The van der Waals surface area contributed by atoms with Crippen LogP contribution in [-0.4, -0.2) is 30.8 Å². The van der Waals surface area contributed by atoms with E-state index in [4.69, 9.17) is 4.74 Å². The van der Waals surface area contributed by atoms with Gasteiger partial charge in [0.1, 0.15) is 10.3 Å². The van der Waals surface area contributed by atoms with Gasteiger partial charge in [-0.15, -0.1) is 11.3 Å². The molecule has 0 bridgehead atoms. The molecule has 7 nitrogen and oxygen atoms in total. The highest BCUT2D eigenvalue weighted by Crippen LogP contribution is 2.27. The van der Waals surface area contributed by atoms with Crippen molar-refractivity contribution in [1.82, 2.24) is 14.5 Å². The van der Waals surface area contributed by atoms with Crippen LogP contribution in [0.25, 0.3) is 0 Å². The van der Waals surface area contributed by atoms with Crippen molar-refractivity contribution in [1.29, 1.82) is 0 Å². The fourth-order valence-electron chi connectivity index (χ4n) is 3.12. The summed E-state index contributed by atoms with van der Waals surface area (Å²) < 4.78 is 35.1. The van der Waals surface area contributed by atoms with E-state index in [1.54, 1.807) is 30.0 Å². The maximum absolute atomic E-state index is 12.8. The van der Waals surface area contributed by atoms with Gasteiger partial charge >= 0.3 is 5.97 Å². The van der Waals surface area contributed by atoms with Gasteiger partial charge in [-0.2, -0.15) is 9.82 Å². The van der Waals surface area contributed by atoms with Crippen molar-refractivity contribution in [2.45, 2.75) is 37.6 Å². The third kappa shape index (κ3) is 4.75. The molecule has 0 saturated heterocycles. The lowest BCUT2D eigenvalue weighted by atomic mass is 10.1. The molecule has 0 aliphatic rings. The summed E-state index contributed by atoms with van der Waals surface area (Å²) in [5.74, 6) is -0.655. The SMILES string of the molecule is CCOC(=O)[C@H](NS(=O)(=O)c1cccs1)c1c(C)nn(Cc2ccccc2)c1C. The van der Waals surface area contributed by atoms with E-state index in [0.29, 0.717) is 23.5 Å². The number of carbonyl (C=O) groups is 1. The molecule has 0 unspecified atom stereocenters. The number of thiophene rings is 1. The van der Waals surface area contributed by atoms with Gasteiger partial charge < -0.3 is 4.74 Å². The maximum Gasteiger partial charge on any atom is 0.328 e. The largest absolute Gasteiger partial charge is 0.465 e. The number of sulfonamides is 1. The third-order valence-corrected chi connectivity index (χ3v) is 7.28. The Bertz CT molecular complexity index is 1070. The summed E-state index contributed by atoms with van der Waals surface area (Å²) in [6.07, 6.45) is 0. The number of rotatable bonds is 8. The summed E-state index contributed by atoms with van der Waals surface area (Å²) >= 11 is 1.08. The van der Waals surface area contributed by atoms with Gasteiger partial charge in [0.2, 0.25) is 0 Å². The molecule has 9 heteroatoms. The first-order valence-electron chi connectivity index (χ1n) is 9.13. The van der Waals surface area contributed by atoms with Gasteiger partial charge in [-0.05, 0) is 37.8 Å². The molecule has 0 spiro atoms. The van der Waals surface area contributed by atoms with Crippen LogP contribution in [0.4, 0.5) is 0 Å². The second kappa shape index (κ2) is 8.89. The van der Waals surface area contributed by atoms with Crippen molar-refractivity contribution in [3.8, 4) is 0 Å². The van der Waals surface area contributed by atoms with E-state index in [2.05, 4.69) is 9.82 Å². The van der Waals surface area contributed by atoms with E-state index in [0.717, 1.165) is 16.9 Å². The third-order valence-electron chi connectivity index (χ3n) is 4.46. The molecule has 154 valence electrons. The highest BCUT2D eigenvalue weighted by molar-refractivity contribution is 7.91. The molecular formula is C20H23N3O4S2. The maximum atomic E-state index is 12.8. The lowest BCUT2D eigenvalue weighted by molar-refractivity contribution is -0.145. The Morgan fingerprint density at radius 3 is 2.55 bits per heavy atom. The van der Waals surface area contributed by atoms with Gasteiger partial charge in [-0.3, -0.25) is 4.68 Å². The minimum Gasteiger partial charge on any atom is -0.465 e. The van der Waals surface area contributed by atoms with Crippen LogP contribution in [0.5, 0.6) is 0 Å². The smallest absolute Gasteiger partial charge is 0.328 e. The quantitative estimate of drug-likeness (QED) is 0.551. The molecule has 2 heterocycles. The Morgan fingerprint density at radius 1 is 1.21 bits per heavy atom. The first kappa shape index (κ1) is 21.2. The van der Waals surface area contributed by atoms with Crippen molar-refractivity contribution in [2.75, 3.05) is 6.61 Å². The number of carbonyl (C=O) groups excluding carboxylic acids is 1. The predicted molar refractivity (Wildman–Crippen MR) is 111 cm³/mol. The van der Waals surface area contributed by atoms with Gasteiger partial charge in [0.25, 0.3) is 10.0 Å². The molecule has 0 saturated carbocycles. The molecule has 2 aromatic heterocycles. The van der Waals surface area contributed by atoms with Gasteiger partial charge in [0, 0.05) is 11.3 Å². The number of nitrogens with one attached hydrogen (secondary N) is 1. The fourth-order valence-corrected chi connectivity index (χ4v) is 5.28. The number of nitrogens with zero attached hydrogens (tertiary/aromatic N) is 2. The van der Waals surface area contributed by atoms with Crippen molar-refractivity contribution in [2.24, 2.45) is 0 Å². The molecule has 1 atom stereocenters. The number of ether oxygens (including phenoxy) is 1. The zero-order chi connectivity index (χ0) is 21.0. The minimum absolute atomic E-state index is 0.138. The van der Waals surface area contributed by atoms with E-state index in [9.17, 15) is 13.2 Å². The van der Waals surface area contributed by atoms with Crippen LogP contribution in [0, 0.1) is 13.8 Å². The van der Waals surface area contributed by atoms with E-state index >= 15 is 0 Å². The topological polar surface area (TPSA) is 90.3 Å². The molecule has 0 amide bonds. The molecule has 29 heavy (non-hydrogen) atoms. The van der Waals surface area contributed by atoms with Crippen LogP contribution in [0.15, 0.2) is 52.1 Å². The van der Waals surface area contributed by atoms with Crippen LogP contribution in [-0.2, 0) is 26.1 Å². The predicted octanol–water partition coefficient (Wildman–Crippen LogP) is 3.19. The number of hydrogen-bond donors (Lipinski definition) is 1. The highest BCUT2D eigenvalue weighted by atomic mass is 32.2. The van der Waals surface area contributed by atoms with Gasteiger partial charge in [-0.1, -0.05) is 36.4 Å². The van der Waals surface area contributed by atoms with Crippen molar-refractivity contribution in [3.05, 3.63) is 70.4 Å². The lowest BCUT2D eigenvalue weighted by Gasteiger charge is -2.18. The Balaban J connectivity index is 1.99. The van der Waals surface area contributed by atoms with Gasteiger partial charge in [0.05, 0.1) is 18.8 Å². The van der Waals surface area contributed by atoms with E-state index in [1.807, 2.05) is 37.3 Å². The number of aromatic nitrogens is 2. The van der Waals surface area contributed by atoms with Crippen LogP contribution < -0.4 is 4.72 Å². The molecule has 0 fully saturated rings. The monoisotopic (exact) mass is 433 g/mol. The first-order valence-corrected chi connectivity index (χ1v) is 11.5. The van der Waals surface area contributed by atoms with Crippen molar-refractivity contribution in [3.63, 3.8) is 0 Å². The average molecular weight is 434 g/mol. The lowest BCUT2D eigenvalue weighted by Crippen LogP contribution is -2.35. The van der Waals surface area contributed by atoms with Gasteiger partial charge in [0.15, 0.2) is 0 Å². The Kier molecular flexibility index (Phi) is 6.51. The highest BCUT2D eigenvalue weighted by Gasteiger charge is 2.33. The molecule has 0 aliphatic carbocycles. The summed E-state index contributed by atoms with van der Waals surface area (Å²) in [4.78, 5) is 12.7. The van der Waals surface area contributed by atoms with E-state index < -0.39 is 22.0 Å².